The van der Waals surface area contributed by atoms with Crippen LogP contribution in [-0.2, 0) is 10.0 Å². The van der Waals surface area contributed by atoms with E-state index in [0.29, 0.717) is 6.54 Å². The van der Waals surface area contributed by atoms with Gasteiger partial charge in [0.2, 0.25) is 10.0 Å². The Hall–Kier alpha value is -1.47. The molecule has 0 aliphatic rings. The van der Waals surface area contributed by atoms with Crippen molar-refractivity contribution in [2.24, 2.45) is 11.1 Å². The Morgan fingerprint density at radius 2 is 2.05 bits per heavy atom. The lowest BCUT2D eigenvalue weighted by atomic mass is 10.1. The highest BCUT2D eigenvalue weighted by Gasteiger charge is 2.19. The quantitative estimate of drug-likeness (QED) is 0.865. The van der Waals surface area contributed by atoms with Crippen LogP contribution in [-0.4, -0.2) is 20.9 Å². The van der Waals surface area contributed by atoms with Crippen molar-refractivity contribution in [2.75, 3.05) is 6.54 Å². The molecule has 0 bridgehead atoms. The molecule has 1 amide bonds. The van der Waals surface area contributed by atoms with E-state index in [0.717, 1.165) is 18.6 Å². The van der Waals surface area contributed by atoms with Gasteiger partial charge < -0.3 is 5.32 Å². The molecule has 0 heterocycles. The fourth-order valence-corrected chi connectivity index (χ4v) is 2.43. The molecule has 1 unspecified atom stereocenters. The highest BCUT2D eigenvalue weighted by Crippen LogP contribution is 2.19. The minimum Gasteiger partial charge on any atom is -0.352 e. The van der Waals surface area contributed by atoms with Gasteiger partial charge in [0.15, 0.2) is 0 Å². The van der Waals surface area contributed by atoms with E-state index in [4.69, 9.17) is 5.14 Å². The van der Waals surface area contributed by atoms with Gasteiger partial charge in [0.05, 0.1) is 10.5 Å². The summed E-state index contributed by atoms with van der Waals surface area (Å²) in [4.78, 5) is 11.6. The average molecular weight is 302 g/mol. The Balaban J connectivity index is 3.10. The maximum atomic E-state index is 13.8. The summed E-state index contributed by atoms with van der Waals surface area (Å²) in [5, 5.41) is 7.61. The van der Waals surface area contributed by atoms with E-state index in [2.05, 4.69) is 5.32 Å². The molecule has 0 fully saturated rings. The van der Waals surface area contributed by atoms with Crippen LogP contribution in [0.2, 0.25) is 0 Å². The molecule has 0 spiro atoms. The molecule has 0 aliphatic carbocycles. The second-order valence-electron chi connectivity index (χ2n) is 4.87. The van der Waals surface area contributed by atoms with Gasteiger partial charge in [-0.2, -0.15) is 0 Å². The molecule has 0 saturated heterocycles. The van der Waals surface area contributed by atoms with Gasteiger partial charge >= 0.3 is 0 Å². The summed E-state index contributed by atoms with van der Waals surface area (Å²) in [6, 6.07) is 1.98. The number of carbonyl (C=O) groups is 1. The summed E-state index contributed by atoms with van der Waals surface area (Å²) in [6.07, 6.45) is 0.874. The van der Waals surface area contributed by atoms with Gasteiger partial charge in [0.1, 0.15) is 5.82 Å². The summed E-state index contributed by atoms with van der Waals surface area (Å²) in [7, 11) is -3.99. The normalized spacial score (nSPS) is 13.1. The monoisotopic (exact) mass is 302 g/mol. The van der Waals surface area contributed by atoms with Crippen molar-refractivity contribution >= 4 is 15.9 Å². The van der Waals surface area contributed by atoms with Crippen LogP contribution in [0.25, 0.3) is 0 Å². The van der Waals surface area contributed by atoms with Gasteiger partial charge in [-0.15, -0.1) is 0 Å². The number of aryl methyl sites for hydroxylation is 1. The van der Waals surface area contributed by atoms with Crippen molar-refractivity contribution in [3.8, 4) is 0 Å². The zero-order chi connectivity index (χ0) is 15.5. The molecule has 0 aromatic heterocycles. The van der Waals surface area contributed by atoms with Gasteiger partial charge in [-0.1, -0.05) is 20.3 Å². The van der Waals surface area contributed by atoms with E-state index in [1.54, 1.807) is 0 Å². The number of nitrogens with two attached hydrogens (primary N) is 1. The SMILES string of the molecule is CCC(C)CNC(=O)c1cc(S(N)(=O)=O)c(C)cc1F. The van der Waals surface area contributed by atoms with Crippen LogP contribution in [0, 0.1) is 18.7 Å². The van der Waals surface area contributed by atoms with Crippen molar-refractivity contribution in [1.82, 2.24) is 5.32 Å². The molecule has 0 aliphatic heterocycles. The highest BCUT2D eigenvalue weighted by molar-refractivity contribution is 7.89. The predicted molar refractivity (Wildman–Crippen MR) is 74.3 cm³/mol. The molecule has 20 heavy (non-hydrogen) atoms. The first kappa shape index (κ1) is 16.6. The van der Waals surface area contributed by atoms with Crippen LogP contribution < -0.4 is 10.5 Å². The standard InChI is InChI=1S/C13H19FN2O3S/c1-4-8(2)7-16-13(17)10-6-12(20(15,18)19)9(3)5-11(10)14/h5-6,8H,4,7H2,1-3H3,(H,16,17)(H2,15,18,19). The fraction of sp³-hybridized carbons (Fsp3) is 0.462. The smallest absolute Gasteiger partial charge is 0.254 e. The van der Waals surface area contributed by atoms with Gasteiger partial charge in [-0.05, 0) is 30.5 Å². The first-order valence-electron chi connectivity index (χ1n) is 6.28. The molecular weight excluding hydrogens is 283 g/mol. The highest BCUT2D eigenvalue weighted by atomic mass is 32.2. The third-order valence-corrected chi connectivity index (χ3v) is 4.18. The van der Waals surface area contributed by atoms with Crippen LogP contribution in [0.3, 0.4) is 0 Å². The van der Waals surface area contributed by atoms with Gasteiger partial charge in [0.25, 0.3) is 5.91 Å². The minimum atomic E-state index is -3.99. The van der Waals surface area contributed by atoms with Crippen molar-refractivity contribution in [1.29, 1.82) is 0 Å². The third-order valence-electron chi connectivity index (χ3n) is 3.12. The topological polar surface area (TPSA) is 89.3 Å². The van der Waals surface area contributed by atoms with Crippen LogP contribution in [0.5, 0.6) is 0 Å². The number of rotatable bonds is 5. The molecule has 5 nitrogen and oxygen atoms in total. The van der Waals surface area contributed by atoms with Gasteiger partial charge in [-0.25, -0.2) is 17.9 Å². The van der Waals surface area contributed by atoms with Gasteiger partial charge in [0, 0.05) is 6.54 Å². The third kappa shape index (κ3) is 4.01. The summed E-state index contributed by atoms with van der Waals surface area (Å²) in [5.41, 5.74) is -0.147. The molecule has 1 aromatic rings. The van der Waals surface area contributed by atoms with Crippen molar-refractivity contribution in [2.45, 2.75) is 32.1 Å². The molecule has 7 heteroatoms. The summed E-state index contributed by atoms with van der Waals surface area (Å²) in [5.74, 6) is -1.16. The van der Waals surface area contributed by atoms with E-state index in [-0.39, 0.29) is 21.9 Å². The van der Waals surface area contributed by atoms with E-state index in [1.165, 1.54) is 6.92 Å². The number of hydrogen-bond acceptors (Lipinski definition) is 3. The van der Waals surface area contributed by atoms with Crippen molar-refractivity contribution in [3.63, 3.8) is 0 Å². The first-order chi connectivity index (χ1) is 9.16. The predicted octanol–water partition coefficient (Wildman–Crippen LogP) is 1.56. The molecule has 1 rings (SSSR count). The summed E-state index contributed by atoms with van der Waals surface area (Å²) >= 11 is 0. The number of benzene rings is 1. The number of amides is 1. The summed E-state index contributed by atoms with van der Waals surface area (Å²) < 4.78 is 36.5. The molecule has 0 radical (unpaired) electrons. The van der Waals surface area contributed by atoms with E-state index < -0.39 is 21.7 Å². The molecule has 0 saturated carbocycles. The maximum absolute atomic E-state index is 13.8. The molecular formula is C13H19FN2O3S. The molecule has 1 atom stereocenters. The maximum Gasteiger partial charge on any atom is 0.254 e. The number of halogens is 1. The Kier molecular flexibility index (Phi) is 5.24. The molecule has 112 valence electrons. The Morgan fingerprint density at radius 1 is 1.45 bits per heavy atom. The number of nitrogens with one attached hydrogen (secondary N) is 1. The average Bonchev–Trinajstić information content (AvgIpc) is 2.33. The van der Waals surface area contributed by atoms with Gasteiger partial charge in [-0.3, -0.25) is 4.79 Å². The number of hydrogen-bond donors (Lipinski definition) is 2. The lowest BCUT2D eigenvalue weighted by Crippen LogP contribution is -2.29. The number of primary sulfonamides is 1. The summed E-state index contributed by atoms with van der Waals surface area (Å²) in [6.45, 7) is 5.74. The lowest BCUT2D eigenvalue weighted by Gasteiger charge is -2.12. The number of carbonyl (C=O) groups excluding carboxylic acids is 1. The van der Waals surface area contributed by atoms with E-state index >= 15 is 0 Å². The molecule has 3 N–H and O–H groups in total. The van der Waals surface area contributed by atoms with Crippen molar-refractivity contribution in [3.05, 3.63) is 29.1 Å². The fourth-order valence-electron chi connectivity index (χ4n) is 1.64. The second kappa shape index (κ2) is 6.32. The zero-order valence-corrected chi connectivity index (χ0v) is 12.6. The first-order valence-corrected chi connectivity index (χ1v) is 7.82. The Labute approximate surface area is 118 Å². The Morgan fingerprint density at radius 3 is 2.55 bits per heavy atom. The van der Waals surface area contributed by atoms with Crippen LogP contribution in [0.1, 0.15) is 36.2 Å². The van der Waals surface area contributed by atoms with Crippen LogP contribution in [0.4, 0.5) is 4.39 Å². The number of sulfonamides is 1. The van der Waals surface area contributed by atoms with Crippen LogP contribution in [0.15, 0.2) is 17.0 Å². The lowest BCUT2D eigenvalue weighted by molar-refractivity contribution is 0.0943. The van der Waals surface area contributed by atoms with Crippen molar-refractivity contribution < 1.29 is 17.6 Å². The molecule has 1 aromatic carbocycles. The van der Waals surface area contributed by atoms with E-state index in [1.807, 2.05) is 13.8 Å². The largest absolute Gasteiger partial charge is 0.352 e. The minimum absolute atomic E-state index is 0.170. The Bertz CT molecular complexity index is 614. The zero-order valence-electron chi connectivity index (χ0n) is 11.7. The van der Waals surface area contributed by atoms with E-state index in [9.17, 15) is 17.6 Å². The van der Waals surface area contributed by atoms with Crippen LogP contribution >= 0.6 is 0 Å². The second-order valence-corrected chi connectivity index (χ2v) is 6.40.